The van der Waals surface area contributed by atoms with Crippen molar-refractivity contribution in [3.63, 3.8) is 0 Å². The van der Waals surface area contributed by atoms with E-state index in [1.54, 1.807) is 25.1 Å². The van der Waals surface area contributed by atoms with Gasteiger partial charge in [0.05, 0.1) is 5.69 Å². The van der Waals surface area contributed by atoms with Crippen molar-refractivity contribution in [2.24, 2.45) is 5.92 Å². The zero-order valence-corrected chi connectivity index (χ0v) is 14.6. The molecule has 130 valence electrons. The lowest BCUT2D eigenvalue weighted by atomic mass is 10.1. The number of nitrogens with zero attached hydrogens (tertiary/aromatic N) is 1. The van der Waals surface area contributed by atoms with E-state index in [0.29, 0.717) is 29.5 Å². The minimum absolute atomic E-state index is 0.107. The summed E-state index contributed by atoms with van der Waals surface area (Å²) in [6.45, 7) is 7.76. The number of ketones is 1. The zero-order valence-electron chi connectivity index (χ0n) is 14.6. The molecule has 0 saturated heterocycles. The number of hydrogen-bond donors (Lipinski definition) is 1. The monoisotopic (exact) mass is 332 g/mol. The van der Waals surface area contributed by atoms with Crippen molar-refractivity contribution < 1.29 is 19.1 Å². The van der Waals surface area contributed by atoms with Crippen LogP contribution in [0.3, 0.4) is 0 Å². The third-order valence-electron chi connectivity index (χ3n) is 4.03. The molecule has 1 aliphatic rings. The molecule has 0 fully saturated rings. The van der Waals surface area contributed by atoms with Gasteiger partial charge in [-0.15, -0.1) is 0 Å². The Kier molecular flexibility index (Phi) is 5.59. The zero-order chi connectivity index (χ0) is 17.9. The molecular formula is C18H24N2O4. The SMILES string of the molecule is CC(=O)c1ccc2c(c1)N(C(C)C(=O)NCCC(C)C)C(=O)CO2. The maximum Gasteiger partial charge on any atom is 0.265 e. The molecule has 0 bridgehead atoms. The Labute approximate surface area is 142 Å². The summed E-state index contributed by atoms with van der Waals surface area (Å²) in [4.78, 5) is 37.7. The van der Waals surface area contributed by atoms with E-state index in [-0.39, 0.29) is 24.2 Å². The molecule has 6 heteroatoms. The first kappa shape index (κ1) is 18.0. The average molecular weight is 332 g/mol. The van der Waals surface area contributed by atoms with Crippen molar-refractivity contribution in [2.45, 2.75) is 40.2 Å². The summed E-state index contributed by atoms with van der Waals surface area (Å²) in [5.41, 5.74) is 0.940. The van der Waals surface area contributed by atoms with Crippen LogP contribution in [-0.4, -0.2) is 36.8 Å². The highest BCUT2D eigenvalue weighted by Gasteiger charge is 2.33. The molecule has 0 aliphatic carbocycles. The van der Waals surface area contributed by atoms with Crippen molar-refractivity contribution in [3.05, 3.63) is 23.8 Å². The molecule has 0 radical (unpaired) electrons. The molecule has 1 heterocycles. The highest BCUT2D eigenvalue weighted by molar-refractivity contribution is 6.05. The van der Waals surface area contributed by atoms with Gasteiger partial charge in [0, 0.05) is 12.1 Å². The van der Waals surface area contributed by atoms with Gasteiger partial charge in [0.25, 0.3) is 5.91 Å². The molecule has 1 N–H and O–H groups in total. The summed E-state index contributed by atoms with van der Waals surface area (Å²) in [6, 6.07) is 4.25. The van der Waals surface area contributed by atoms with Gasteiger partial charge in [-0.1, -0.05) is 13.8 Å². The van der Waals surface area contributed by atoms with E-state index in [2.05, 4.69) is 19.2 Å². The predicted octanol–water partition coefficient (Wildman–Crippen LogP) is 2.17. The van der Waals surface area contributed by atoms with E-state index < -0.39 is 6.04 Å². The summed E-state index contributed by atoms with van der Waals surface area (Å²) >= 11 is 0. The molecule has 0 spiro atoms. The normalized spacial score (nSPS) is 14.9. The van der Waals surface area contributed by atoms with Crippen LogP contribution < -0.4 is 15.0 Å². The van der Waals surface area contributed by atoms with Crippen molar-refractivity contribution in [1.29, 1.82) is 0 Å². The van der Waals surface area contributed by atoms with Crippen molar-refractivity contribution in [1.82, 2.24) is 5.32 Å². The minimum Gasteiger partial charge on any atom is -0.482 e. The Balaban J connectivity index is 2.23. The first-order valence-electron chi connectivity index (χ1n) is 8.18. The van der Waals surface area contributed by atoms with Crippen molar-refractivity contribution >= 4 is 23.3 Å². The fraction of sp³-hybridized carbons (Fsp3) is 0.500. The number of amides is 2. The van der Waals surface area contributed by atoms with E-state index >= 15 is 0 Å². The van der Waals surface area contributed by atoms with Gasteiger partial charge in [-0.3, -0.25) is 19.3 Å². The quantitative estimate of drug-likeness (QED) is 0.810. The first-order valence-corrected chi connectivity index (χ1v) is 8.18. The second-order valence-electron chi connectivity index (χ2n) is 6.44. The highest BCUT2D eigenvalue weighted by atomic mass is 16.5. The molecular weight excluding hydrogens is 308 g/mol. The number of rotatable bonds is 6. The van der Waals surface area contributed by atoms with Crippen LogP contribution in [-0.2, 0) is 9.59 Å². The number of carbonyl (C=O) groups is 3. The maximum absolute atomic E-state index is 12.4. The van der Waals surface area contributed by atoms with Gasteiger partial charge in [-0.2, -0.15) is 0 Å². The molecule has 2 rings (SSSR count). The molecule has 1 unspecified atom stereocenters. The Morgan fingerprint density at radius 2 is 2.00 bits per heavy atom. The van der Waals surface area contributed by atoms with Gasteiger partial charge in [0.15, 0.2) is 12.4 Å². The lowest BCUT2D eigenvalue weighted by Gasteiger charge is -2.33. The number of fused-ring (bicyclic) bond motifs is 1. The molecule has 1 aromatic carbocycles. The molecule has 0 saturated carbocycles. The number of nitrogens with one attached hydrogen (secondary N) is 1. The van der Waals surface area contributed by atoms with Gasteiger partial charge < -0.3 is 10.1 Å². The molecule has 2 amide bonds. The van der Waals surface area contributed by atoms with Crippen LogP contribution >= 0.6 is 0 Å². The molecule has 24 heavy (non-hydrogen) atoms. The number of benzene rings is 1. The summed E-state index contributed by atoms with van der Waals surface area (Å²) in [5, 5.41) is 2.86. The Morgan fingerprint density at radius 1 is 1.29 bits per heavy atom. The first-order chi connectivity index (χ1) is 11.3. The van der Waals surface area contributed by atoms with Crippen LogP contribution in [0.4, 0.5) is 5.69 Å². The van der Waals surface area contributed by atoms with Crippen molar-refractivity contribution in [3.8, 4) is 5.75 Å². The standard InChI is InChI=1S/C18H24N2O4/c1-11(2)7-8-19-18(23)12(3)20-15-9-14(13(4)21)5-6-16(15)24-10-17(20)22/h5-6,9,11-12H,7-8,10H2,1-4H3,(H,19,23). The van der Waals surface area contributed by atoms with Gasteiger partial charge in [0.2, 0.25) is 5.91 Å². The maximum atomic E-state index is 12.4. The fourth-order valence-electron chi connectivity index (χ4n) is 2.56. The second-order valence-corrected chi connectivity index (χ2v) is 6.44. The van der Waals surface area contributed by atoms with Crippen LogP contribution in [0, 0.1) is 5.92 Å². The molecule has 1 aliphatic heterocycles. The largest absolute Gasteiger partial charge is 0.482 e. The smallest absolute Gasteiger partial charge is 0.265 e. The second kappa shape index (κ2) is 7.47. The van der Waals surface area contributed by atoms with Gasteiger partial charge in [-0.05, 0) is 44.4 Å². The third kappa shape index (κ3) is 3.93. The summed E-state index contributed by atoms with van der Waals surface area (Å²) in [6.07, 6.45) is 0.876. The van der Waals surface area contributed by atoms with Crippen LogP contribution in [0.1, 0.15) is 44.5 Å². The number of hydrogen-bond acceptors (Lipinski definition) is 4. The molecule has 0 aromatic heterocycles. The van der Waals surface area contributed by atoms with E-state index in [1.807, 2.05) is 0 Å². The third-order valence-corrected chi connectivity index (χ3v) is 4.03. The topological polar surface area (TPSA) is 75.7 Å². The minimum atomic E-state index is -0.672. The lowest BCUT2D eigenvalue weighted by Crippen LogP contribution is -2.51. The highest BCUT2D eigenvalue weighted by Crippen LogP contribution is 2.34. The van der Waals surface area contributed by atoms with Gasteiger partial charge >= 0.3 is 0 Å². The number of Topliss-reactive ketones (excluding diaryl/α,β-unsaturated/α-hetero) is 1. The van der Waals surface area contributed by atoms with Crippen LogP contribution in [0.25, 0.3) is 0 Å². The summed E-state index contributed by atoms with van der Waals surface area (Å²) in [5.74, 6) is 0.371. The Bertz CT molecular complexity index is 654. The summed E-state index contributed by atoms with van der Waals surface area (Å²) < 4.78 is 5.41. The van der Waals surface area contributed by atoms with E-state index in [9.17, 15) is 14.4 Å². The Hall–Kier alpha value is -2.37. The van der Waals surface area contributed by atoms with Crippen LogP contribution in [0.5, 0.6) is 5.75 Å². The number of anilines is 1. The van der Waals surface area contributed by atoms with Gasteiger partial charge in [-0.25, -0.2) is 0 Å². The number of carbonyl (C=O) groups excluding carboxylic acids is 3. The van der Waals surface area contributed by atoms with E-state index in [4.69, 9.17) is 4.74 Å². The summed E-state index contributed by atoms with van der Waals surface area (Å²) in [7, 11) is 0. The molecule has 1 aromatic rings. The lowest BCUT2D eigenvalue weighted by molar-refractivity contribution is -0.127. The number of ether oxygens (including phenoxy) is 1. The van der Waals surface area contributed by atoms with Gasteiger partial charge in [0.1, 0.15) is 11.8 Å². The molecule has 6 nitrogen and oxygen atoms in total. The predicted molar refractivity (Wildman–Crippen MR) is 91.4 cm³/mol. The fourth-order valence-corrected chi connectivity index (χ4v) is 2.56. The van der Waals surface area contributed by atoms with Crippen molar-refractivity contribution in [2.75, 3.05) is 18.1 Å². The van der Waals surface area contributed by atoms with E-state index in [0.717, 1.165) is 6.42 Å². The van der Waals surface area contributed by atoms with E-state index in [1.165, 1.54) is 11.8 Å². The Morgan fingerprint density at radius 3 is 2.62 bits per heavy atom. The van der Waals surface area contributed by atoms with Crippen LogP contribution in [0.15, 0.2) is 18.2 Å². The molecule has 1 atom stereocenters. The average Bonchev–Trinajstić information content (AvgIpc) is 2.53. The van der Waals surface area contributed by atoms with Crippen LogP contribution in [0.2, 0.25) is 0 Å².